The number of para-hydroxylation sites is 1. The molecule has 2 aromatic rings. The zero-order valence-corrected chi connectivity index (χ0v) is 15.3. The molecular formula is C20H17ClN2O4. The molecule has 138 valence electrons. The van der Waals surface area contributed by atoms with Crippen LogP contribution in [0.2, 0.25) is 0 Å². The fraction of sp³-hybridized carbons (Fsp3) is 0.150. The van der Waals surface area contributed by atoms with Gasteiger partial charge in [0.15, 0.2) is 0 Å². The summed E-state index contributed by atoms with van der Waals surface area (Å²) >= 11 is 6.09. The number of rotatable bonds is 6. The Morgan fingerprint density at radius 2 is 1.70 bits per heavy atom. The lowest BCUT2D eigenvalue weighted by molar-refractivity contribution is -0.120. The standard InChI is InChI=1S/C20H17ClN2O4/c1-2-12-27-20(26)13-8-10-15(11-9-13)23-18(24)16(21)17(19(23)25)22-14-6-4-3-5-7-14/h3-11,22H,2,12H2,1H3. The van der Waals surface area contributed by atoms with Crippen LogP contribution in [-0.4, -0.2) is 24.4 Å². The number of ether oxygens (including phenoxy) is 1. The summed E-state index contributed by atoms with van der Waals surface area (Å²) < 4.78 is 5.06. The van der Waals surface area contributed by atoms with E-state index in [1.165, 1.54) is 24.3 Å². The minimum Gasteiger partial charge on any atom is -0.462 e. The highest BCUT2D eigenvalue weighted by molar-refractivity contribution is 6.53. The van der Waals surface area contributed by atoms with Gasteiger partial charge in [-0.25, -0.2) is 9.69 Å². The summed E-state index contributed by atoms with van der Waals surface area (Å²) in [5.41, 5.74) is 1.31. The van der Waals surface area contributed by atoms with Crippen molar-refractivity contribution in [1.29, 1.82) is 0 Å². The molecule has 0 spiro atoms. The van der Waals surface area contributed by atoms with Crippen LogP contribution in [-0.2, 0) is 14.3 Å². The molecular weight excluding hydrogens is 368 g/mol. The molecule has 6 nitrogen and oxygen atoms in total. The van der Waals surface area contributed by atoms with Gasteiger partial charge in [0.2, 0.25) is 0 Å². The van der Waals surface area contributed by atoms with Crippen LogP contribution in [0.5, 0.6) is 0 Å². The van der Waals surface area contributed by atoms with Crippen LogP contribution in [0.4, 0.5) is 11.4 Å². The molecule has 0 unspecified atom stereocenters. The molecule has 0 atom stereocenters. The Morgan fingerprint density at radius 3 is 2.33 bits per heavy atom. The van der Waals surface area contributed by atoms with E-state index in [-0.39, 0.29) is 10.7 Å². The molecule has 0 bridgehead atoms. The molecule has 0 aliphatic carbocycles. The van der Waals surface area contributed by atoms with Crippen LogP contribution < -0.4 is 10.2 Å². The third-order valence-corrected chi connectivity index (χ3v) is 4.22. The van der Waals surface area contributed by atoms with Crippen molar-refractivity contribution in [3.05, 3.63) is 70.9 Å². The maximum absolute atomic E-state index is 12.7. The minimum absolute atomic E-state index is 0.0132. The summed E-state index contributed by atoms with van der Waals surface area (Å²) in [6, 6.07) is 15.0. The van der Waals surface area contributed by atoms with Crippen LogP contribution in [0.25, 0.3) is 0 Å². The molecule has 1 aliphatic rings. The number of halogens is 1. The Kier molecular flexibility index (Phi) is 5.57. The second-order valence-corrected chi connectivity index (χ2v) is 6.19. The normalized spacial score (nSPS) is 13.9. The fourth-order valence-electron chi connectivity index (χ4n) is 2.54. The van der Waals surface area contributed by atoms with Gasteiger partial charge in [-0.2, -0.15) is 0 Å². The number of imide groups is 1. The third kappa shape index (κ3) is 3.85. The largest absolute Gasteiger partial charge is 0.462 e. The fourth-order valence-corrected chi connectivity index (χ4v) is 2.75. The van der Waals surface area contributed by atoms with Crippen molar-refractivity contribution < 1.29 is 19.1 Å². The average Bonchev–Trinajstić information content (AvgIpc) is 2.90. The summed E-state index contributed by atoms with van der Waals surface area (Å²) in [6.45, 7) is 2.23. The van der Waals surface area contributed by atoms with Crippen molar-refractivity contribution in [2.45, 2.75) is 13.3 Å². The smallest absolute Gasteiger partial charge is 0.338 e. The van der Waals surface area contributed by atoms with Gasteiger partial charge in [-0.15, -0.1) is 0 Å². The summed E-state index contributed by atoms with van der Waals surface area (Å²) in [5.74, 6) is -1.64. The molecule has 2 aromatic carbocycles. The Balaban J connectivity index is 1.79. The van der Waals surface area contributed by atoms with Crippen molar-refractivity contribution in [3.63, 3.8) is 0 Å². The van der Waals surface area contributed by atoms with Gasteiger partial charge in [0.05, 0.1) is 17.9 Å². The lowest BCUT2D eigenvalue weighted by atomic mass is 10.2. The predicted molar refractivity (Wildman–Crippen MR) is 102 cm³/mol. The van der Waals surface area contributed by atoms with E-state index in [4.69, 9.17) is 16.3 Å². The Hall–Kier alpha value is -3.12. The number of esters is 1. The number of hydrogen-bond donors (Lipinski definition) is 1. The van der Waals surface area contributed by atoms with Gasteiger partial charge in [-0.1, -0.05) is 36.7 Å². The van der Waals surface area contributed by atoms with Gasteiger partial charge in [0.25, 0.3) is 11.8 Å². The molecule has 0 saturated heterocycles. The van der Waals surface area contributed by atoms with Crippen LogP contribution in [0.15, 0.2) is 65.3 Å². The van der Waals surface area contributed by atoms with Gasteiger partial charge in [-0.3, -0.25) is 9.59 Å². The van der Waals surface area contributed by atoms with Gasteiger partial charge in [-0.05, 0) is 42.8 Å². The number of carbonyl (C=O) groups excluding carboxylic acids is 3. The van der Waals surface area contributed by atoms with E-state index in [9.17, 15) is 14.4 Å². The van der Waals surface area contributed by atoms with Gasteiger partial charge >= 0.3 is 5.97 Å². The molecule has 1 heterocycles. The molecule has 7 heteroatoms. The summed E-state index contributed by atoms with van der Waals surface area (Å²) in [5, 5.41) is 2.70. The number of nitrogens with zero attached hydrogens (tertiary/aromatic N) is 1. The SMILES string of the molecule is CCCOC(=O)c1ccc(N2C(=O)C(Cl)=C(Nc3ccccc3)C2=O)cc1. The first-order valence-corrected chi connectivity index (χ1v) is 8.78. The highest BCUT2D eigenvalue weighted by atomic mass is 35.5. The predicted octanol–water partition coefficient (Wildman–Crippen LogP) is 3.69. The molecule has 3 rings (SSSR count). The Morgan fingerprint density at radius 1 is 1.04 bits per heavy atom. The first kappa shape index (κ1) is 18.7. The second-order valence-electron chi connectivity index (χ2n) is 5.81. The van der Waals surface area contributed by atoms with Crippen LogP contribution in [0, 0.1) is 0 Å². The first-order valence-electron chi connectivity index (χ1n) is 8.40. The van der Waals surface area contributed by atoms with Gasteiger partial charge in [0, 0.05) is 5.69 Å². The lowest BCUT2D eigenvalue weighted by Gasteiger charge is -2.15. The zero-order valence-electron chi connectivity index (χ0n) is 14.6. The number of anilines is 2. The number of hydrogen-bond acceptors (Lipinski definition) is 5. The molecule has 1 aliphatic heterocycles. The quantitative estimate of drug-likeness (QED) is 0.607. The van der Waals surface area contributed by atoms with Gasteiger partial charge < -0.3 is 10.1 Å². The topological polar surface area (TPSA) is 75.7 Å². The van der Waals surface area contributed by atoms with E-state index in [0.29, 0.717) is 23.5 Å². The molecule has 0 saturated carbocycles. The van der Waals surface area contributed by atoms with E-state index in [1.807, 2.05) is 13.0 Å². The molecule has 27 heavy (non-hydrogen) atoms. The molecule has 0 aromatic heterocycles. The molecule has 0 fully saturated rings. The summed E-state index contributed by atoms with van der Waals surface area (Å²) in [4.78, 5) is 38.0. The van der Waals surface area contributed by atoms with E-state index < -0.39 is 17.8 Å². The number of nitrogens with one attached hydrogen (secondary N) is 1. The van der Waals surface area contributed by atoms with Crippen LogP contribution in [0.1, 0.15) is 23.7 Å². The maximum Gasteiger partial charge on any atom is 0.338 e. The molecule has 0 radical (unpaired) electrons. The summed E-state index contributed by atoms with van der Waals surface area (Å²) in [7, 11) is 0. The Bertz CT molecular complexity index is 907. The van der Waals surface area contributed by atoms with Gasteiger partial charge in [0.1, 0.15) is 10.7 Å². The highest BCUT2D eigenvalue weighted by Gasteiger charge is 2.38. The minimum atomic E-state index is -0.624. The van der Waals surface area contributed by atoms with Crippen molar-refractivity contribution in [1.82, 2.24) is 0 Å². The average molecular weight is 385 g/mol. The second kappa shape index (κ2) is 8.05. The number of amides is 2. The number of carbonyl (C=O) groups is 3. The zero-order chi connectivity index (χ0) is 19.4. The van der Waals surface area contributed by atoms with Crippen molar-refractivity contribution in [3.8, 4) is 0 Å². The monoisotopic (exact) mass is 384 g/mol. The van der Waals surface area contributed by atoms with Crippen LogP contribution >= 0.6 is 11.6 Å². The lowest BCUT2D eigenvalue weighted by Crippen LogP contribution is -2.32. The highest BCUT2D eigenvalue weighted by Crippen LogP contribution is 2.30. The molecule has 2 amide bonds. The maximum atomic E-state index is 12.7. The van der Waals surface area contributed by atoms with E-state index >= 15 is 0 Å². The van der Waals surface area contributed by atoms with E-state index in [2.05, 4.69) is 5.32 Å². The third-order valence-electron chi connectivity index (χ3n) is 3.87. The number of benzene rings is 2. The van der Waals surface area contributed by atoms with Crippen LogP contribution in [0.3, 0.4) is 0 Å². The summed E-state index contributed by atoms with van der Waals surface area (Å²) in [6.07, 6.45) is 0.724. The Labute approximate surface area is 161 Å². The van der Waals surface area contributed by atoms with E-state index in [1.54, 1.807) is 24.3 Å². The van der Waals surface area contributed by atoms with Crippen molar-refractivity contribution in [2.24, 2.45) is 0 Å². The first-order chi connectivity index (χ1) is 13.0. The molecule has 1 N–H and O–H groups in total. The van der Waals surface area contributed by atoms with E-state index in [0.717, 1.165) is 11.3 Å². The van der Waals surface area contributed by atoms with Crippen molar-refractivity contribution >= 4 is 40.8 Å². The van der Waals surface area contributed by atoms with Crippen molar-refractivity contribution in [2.75, 3.05) is 16.8 Å².